The maximum atomic E-state index is 12.3. The maximum absolute atomic E-state index is 12.3. The number of amides is 1. The quantitative estimate of drug-likeness (QED) is 0.922. The summed E-state index contributed by atoms with van der Waals surface area (Å²) in [5.41, 5.74) is 2.12. The summed E-state index contributed by atoms with van der Waals surface area (Å²) < 4.78 is 5.26. The van der Waals surface area contributed by atoms with E-state index < -0.39 is 0 Å². The van der Waals surface area contributed by atoms with Gasteiger partial charge in [0.15, 0.2) is 5.76 Å². The van der Waals surface area contributed by atoms with Crippen molar-refractivity contribution in [2.24, 2.45) is 0 Å². The molecule has 1 amide bonds. The Bertz CT molecular complexity index is 615. The van der Waals surface area contributed by atoms with E-state index in [1.807, 2.05) is 19.1 Å². The fourth-order valence-corrected chi connectivity index (χ4v) is 3.06. The van der Waals surface area contributed by atoms with E-state index in [0.717, 1.165) is 18.7 Å². The number of rotatable bonds is 5. The SMILES string of the molecule is Cc1ccoc1C(=O)NCC(c1ccccc1)N1CCCC1. The van der Waals surface area contributed by atoms with E-state index in [4.69, 9.17) is 4.42 Å². The Labute approximate surface area is 131 Å². The van der Waals surface area contributed by atoms with Crippen LogP contribution in [0.4, 0.5) is 0 Å². The van der Waals surface area contributed by atoms with Crippen molar-refractivity contribution in [1.29, 1.82) is 0 Å². The number of likely N-dealkylation sites (tertiary alicyclic amines) is 1. The first-order valence-electron chi connectivity index (χ1n) is 7.87. The normalized spacial score (nSPS) is 16.6. The molecule has 1 unspecified atom stereocenters. The number of benzene rings is 1. The fraction of sp³-hybridized carbons (Fsp3) is 0.389. The van der Waals surface area contributed by atoms with Gasteiger partial charge in [0.05, 0.1) is 12.3 Å². The van der Waals surface area contributed by atoms with Crippen molar-refractivity contribution in [3.63, 3.8) is 0 Å². The van der Waals surface area contributed by atoms with Crippen LogP contribution in [0.15, 0.2) is 47.1 Å². The van der Waals surface area contributed by atoms with E-state index in [1.54, 1.807) is 6.26 Å². The monoisotopic (exact) mass is 298 g/mol. The average molecular weight is 298 g/mol. The number of hydrogen-bond donors (Lipinski definition) is 1. The zero-order valence-electron chi connectivity index (χ0n) is 12.9. The van der Waals surface area contributed by atoms with Crippen LogP contribution < -0.4 is 5.32 Å². The highest BCUT2D eigenvalue weighted by atomic mass is 16.3. The van der Waals surface area contributed by atoms with Crippen LogP contribution >= 0.6 is 0 Å². The van der Waals surface area contributed by atoms with Crippen LogP contribution in [-0.4, -0.2) is 30.4 Å². The van der Waals surface area contributed by atoms with Crippen LogP contribution in [0.5, 0.6) is 0 Å². The minimum atomic E-state index is -0.136. The Kier molecular flexibility index (Phi) is 4.59. The molecule has 1 atom stereocenters. The number of carbonyl (C=O) groups is 1. The first-order valence-corrected chi connectivity index (χ1v) is 7.87. The molecule has 3 rings (SSSR count). The van der Waals surface area contributed by atoms with Crippen molar-refractivity contribution >= 4 is 5.91 Å². The molecule has 22 heavy (non-hydrogen) atoms. The summed E-state index contributed by atoms with van der Waals surface area (Å²) in [6, 6.07) is 12.4. The molecule has 1 aliphatic rings. The molecule has 4 nitrogen and oxygen atoms in total. The first-order chi connectivity index (χ1) is 10.8. The van der Waals surface area contributed by atoms with Gasteiger partial charge in [-0.1, -0.05) is 30.3 Å². The van der Waals surface area contributed by atoms with Gasteiger partial charge < -0.3 is 9.73 Å². The van der Waals surface area contributed by atoms with Crippen molar-refractivity contribution in [2.75, 3.05) is 19.6 Å². The van der Waals surface area contributed by atoms with Gasteiger partial charge in [-0.25, -0.2) is 0 Å². The van der Waals surface area contributed by atoms with E-state index in [-0.39, 0.29) is 11.9 Å². The van der Waals surface area contributed by atoms with Crippen LogP contribution in [0, 0.1) is 6.92 Å². The lowest BCUT2D eigenvalue weighted by atomic mass is 10.1. The number of nitrogens with one attached hydrogen (secondary N) is 1. The predicted octanol–water partition coefficient (Wildman–Crippen LogP) is 3.15. The highest BCUT2D eigenvalue weighted by molar-refractivity contribution is 5.92. The Morgan fingerprint density at radius 3 is 2.59 bits per heavy atom. The van der Waals surface area contributed by atoms with Gasteiger partial charge in [0.25, 0.3) is 5.91 Å². The lowest BCUT2D eigenvalue weighted by Crippen LogP contribution is -2.36. The third-order valence-corrected chi connectivity index (χ3v) is 4.29. The second kappa shape index (κ2) is 6.79. The average Bonchev–Trinajstić information content (AvgIpc) is 3.20. The lowest BCUT2D eigenvalue weighted by molar-refractivity contribution is 0.0909. The van der Waals surface area contributed by atoms with Crippen LogP contribution in [-0.2, 0) is 0 Å². The number of hydrogen-bond acceptors (Lipinski definition) is 3. The summed E-state index contributed by atoms with van der Waals surface area (Å²) in [4.78, 5) is 14.7. The molecular formula is C18H22N2O2. The van der Waals surface area contributed by atoms with E-state index in [1.165, 1.54) is 18.4 Å². The van der Waals surface area contributed by atoms with Crippen LogP contribution in [0.2, 0.25) is 0 Å². The number of carbonyl (C=O) groups excluding carboxylic acids is 1. The maximum Gasteiger partial charge on any atom is 0.287 e. The third kappa shape index (κ3) is 3.22. The zero-order valence-corrected chi connectivity index (χ0v) is 12.9. The molecule has 116 valence electrons. The van der Waals surface area contributed by atoms with Gasteiger partial charge in [-0.2, -0.15) is 0 Å². The number of nitrogens with zero attached hydrogens (tertiary/aromatic N) is 1. The van der Waals surface area contributed by atoms with Crippen molar-refractivity contribution in [2.45, 2.75) is 25.8 Å². The fourth-order valence-electron chi connectivity index (χ4n) is 3.06. The van der Waals surface area contributed by atoms with Gasteiger partial charge in [0.1, 0.15) is 0 Å². The number of furan rings is 1. The molecule has 0 radical (unpaired) electrons. The minimum absolute atomic E-state index is 0.136. The summed E-state index contributed by atoms with van der Waals surface area (Å²) in [6.45, 7) is 4.67. The van der Waals surface area contributed by atoms with Gasteiger partial charge in [0.2, 0.25) is 0 Å². The summed E-state index contributed by atoms with van der Waals surface area (Å²) in [5, 5.41) is 3.03. The molecule has 0 spiro atoms. The van der Waals surface area contributed by atoms with E-state index in [9.17, 15) is 4.79 Å². The molecule has 0 saturated carbocycles. The third-order valence-electron chi connectivity index (χ3n) is 4.29. The Morgan fingerprint density at radius 2 is 1.95 bits per heavy atom. The second-order valence-electron chi connectivity index (χ2n) is 5.81. The van der Waals surface area contributed by atoms with Crippen molar-refractivity contribution < 1.29 is 9.21 Å². The summed E-state index contributed by atoms with van der Waals surface area (Å²) in [7, 11) is 0. The molecule has 0 bridgehead atoms. The van der Waals surface area contributed by atoms with Crippen LogP contribution in [0.3, 0.4) is 0 Å². The van der Waals surface area contributed by atoms with Crippen LogP contribution in [0.25, 0.3) is 0 Å². The topological polar surface area (TPSA) is 45.5 Å². The molecule has 1 aliphatic heterocycles. The Balaban J connectivity index is 1.70. The number of aryl methyl sites for hydroxylation is 1. The summed E-state index contributed by atoms with van der Waals surface area (Å²) in [5.74, 6) is 0.274. The lowest BCUT2D eigenvalue weighted by Gasteiger charge is -2.28. The van der Waals surface area contributed by atoms with Gasteiger partial charge in [-0.3, -0.25) is 9.69 Å². The molecule has 1 fully saturated rings. The van der Waals surface area contributed by atoms with Gasteiger partial charge in [0, 0.05) is 12.1 Å². The van der Waals surface area contributed by atoms with Crippen molar-refractivity contribution in [1.82, 2.24) is 10.2 Å². The molecule has 2 heterocycles. The minimum Gasteiger partial charge on any atom is -0.459 e. The molecule has 1 aromatic heterocycles. The molecule has 2 aromatic rings. The summed E-state index contributed by atoms with van der Waals surface area (Å²) in [6.07, 6.45) is 4.02. The van der Waals surface area contributed by atoms with Crippen molar-refractivity contribution in [3.8, 4) is 0 Å². The molecule has 1 aromatic carbocycles. The predicted molar refractivity (Wildman–Crippen MR) is 85.8 cm³/mol. The highest BCUT2D eigenvalue weighted by Crippen LogP contribution is 2.24. The molecule has 1 N–H and O–H groups in total. The molecular weight excluding hydrogens is 276 g/mol. The standard InChI is InChI=1S/C18H22N2O2/c1-14-9-12-22-17(14)18(21)19-13-16(20-10-5-6-11-20)15-7-3-2-4-8-15/h2-4,7-9,12,16H,5-6,10-11,13H2,1H3,(H,19,21). The van der Waals surface area contributed by atoms with Crippen LogP contribution in [0.1, 0.15) is 40.6 Å². The molecule has 4 heteroatoms. The summed E-state index contributed by atoms with van der Waals surface area (Å²) >= 11 is 0. The molecule has 0 aliphatic carbocycles. The Morgan fingerprint density at radius 1 is 1.23 bits per heavy atom. The van der Waals surface area contributed by atoms with E-state index >= 15 is 0 Å². The highest BCUT2D eigenvalue weighted by Gasteiger charge is 2.24. The van der Waals surface area contributed by atoms with E-state index in [0.29, 0.717) is 12.3 Å². The Hall–Kier alpha value is -2.07. The van der Waals surface area contributed by atoms with Gasteiger partial charge in [-0.05, 0) is 44.5 Å². The zero-order chi connectivity index (χ0) is 15.4. The second-order valence-corrected chi connectivity index (χ2v) is 5.81. The smallest absolute Gasteiger partial charge is 0.287 e. The van der Waals surface area contributed by atoms with Gasteiger partial charge in [-0.15, -0.1) is 0 Å². The molecule has 1 saturated heterocycles. The largest absolute Gasteiger partial charge is 0.459 e. The first kappa shape index (κ1) is 14.9. The van der Waals surface area contributed by atoms with E-state index in [2.05, 4.69) is 34.5 Å². The van der Waals surface area contributed by atoms with Gasteiger partial charge >= 0.3 is 0 Å². The van der Waals surface area contributed by atoms with Crippen molar-refractivity contribution in [3.05, 3.63) is 59.5 Å².